The fourth-order valence-electron chi connectivity index (χ4n) is 5.47. The molecule has 7 nitrogen and oxygen atoms in total. The zero-order valence-corrected chi connectivity index (χ0v) is 20.1. The summed E-state index contributed by atoms with van der Waals surface area (Å²) in [5, 5.41) is 0.848. The summed E-state index contributed by atoms with van der Waals surface area (Å²) in [6.45, 7) is 5.91. The maximum absolute atomic E-state index is 13.3. The number of rotatable bonds is 3. The lowest BCUT2D eigenvalue weighted by atomic mass is 9.74. The first-order valence-corrected chi connectivity index (χ1v) is 11.9. The van der Waals surface area contributed by atoms with Crippen molar-refractivity contribution >= 4 is 28.3 Å². The number of nitrogen functional groups attached to an aromatic ring is 1. The first-order chi connectivity index (χ1) is 16.3. The fraction of sp³-hybridized carbons (Fsp3) is 0.407. The van der Waals surface area contributed by atoms with Crippen molar-refractivity contribution in [3.8, 4) is 23.6 Å². The predicted molar refractivity (Wildman–Crippen MR) is 135 cm³/mol. The molecule has 2 aliphatic rings. The van der Waals surface area contributed by atoms with Crippen LogP contribution in [0.15, 0.2) is 24.7 Å². The molecular weight excluding hydrogens is 424 g/mol. The van der Waals surface area contributed by atoms with E-state index in [1.54, 1.807) is 0 Å². The Morgan fingerprint density at radius 1 is 1.24 bits per heavy atom. The minimum absolute atomic E-state index is 0.284. The Bertz CT molecular complexity index is 1370. The van der Waals surface area contributed by atoms with Gasteiger partial charge in [-0.15, -0.1) is 6.42 Å². The Labute approximate surface area is 200 Å². The number of aromatic nitrogens is 4. The molecule has 1 aliphatic carbocycles. The van der Waals surface area contributed by atoms with E-state index in [4.69, 9.17) is 12.2 Å². The van der Waals surface area contributed by atoms with E-state index < -0.39 is 0 Å². The molecule has 3 aromatic heterocycles. The first kappa shape index (κ1) is 22.1. The number of carbonyl (C=O) groups excluding carboxylic acids is 1. The number of carbonyl (C=O) groups is 1. The van der Waals surface area contributed by atoms with Crippen LogP contribution in [0.3, 0.4) is 0 Å². The van der Waals surface area contributed by atoms with E-state index in [0.717, 1.165) is 72.2 Å². The number of nitrogens with two attached hydrogens (primary N) is 1. The summed E-state index contributed by atoms with van der Waals surface area (Å²) in [6, 6.07) is 1.92. The lowest BCUT2D eigenvalue weighted by Gasteiger charge is -2.35. The highest BCUT2D eigenvalue weighted by Crippen LogP contribution is 2.46. The molecule has 3 aromatic rings. The van der Waals surface area contributed by atoms with E-state index in [-0.39, 0.29) is 11.3 Å². The molecule has 1 fully saturated rings. The van der Waals surface area contributed by atoms with Gasteiger partial charge < -0.3 is 15.2 Å². The number of hydrogen-bond acceptors (Lipinski definition) is 5. The third kappa shape index (κ3) is 3.45. The number of allylic oxidation sites excluding steroid dienone is 2. The molecule has 5 rings (SSSR count). The van der Waals surface area contributed by atoms with E-state index >= 15 is 0 Å². The lowest BCUT2D eigenvalue weighted by molar-refractivity contribution is -0.140. The van der Waals surface area contributed by atoms with E-state index in [9.17, 15) is 4.79 Å². The molecule has 2 N–H and O–H groups in total. The van der Waals surface area contributed by atoms with Crippen molar-refractivity contribution in [3.63, 3.8) is 0 Å². The molecule has 4 heterocycles. The normalized spacial score (nSPS) is 20.4. The van der Waals surface area contributed by atoms with Gasteiger partial charge in [-0.25, -0.2) is 15.0 Å². The second-order valence-corrected chi connectivity index (χ2v) is 9.76. The van der Waals surface area contributed by atoms with Gasteiger partial charge >= 0.3 is 0 Å². The number of hydrogen-bond donors (Lipinski definition) is 1. The minimum atomic E-state index is -0.369. The fourth-order valence-corrected chi connectivity index (χ4v) is 5.47. The summed E-state index contributed by atoms with van der Waals surface area (Å²) in [5.41, 5.74) is 12.6. The average Bonchev–Trinajstić information content (AvgIpc) is 3.47. The van der Waals surface area contributed by atoms with Gasteiger partial charge in [0.05, 0.1) is 16.5 Å². The number of terminal acetylenes is 1. The van der Waals surface area contributed by atoms with Crippen molar-refractivity contribution in [2.75, 3.05) is 18.8 Å². The van der Waals surface area contributed by atoms with E-state index in [1.807, 2.05) is 31.1 Å². The SMILES string of the molecule is C#Cc1cc(C)c(-c2c(C3=CC[C@](C)(C(=O)N4CCCC4)CC3)c3c(N)ncnc3n2C)cn1. The van der Waals surface area contributed by atoms with Crippen molar-refractivity contribution in [1.29, 1.82) is 0 Å². The number of amides is 1. The standard InChI is InChI=1S/C27H30N6O/c1-5-19-14-17(2)20(15-29-19)23-21(22-24(28)30-16-31-25(22)32(23)4)18-8-10-27(3,11-9-18)26(34)33-12-6-7-13-33/h1,8,14-16H,6-7,9-13H2,2-4H3,(H2,28,30,31)/t27-/m0/s1. The zero-order chi connectivity index (χ0) is 24.0. The van der Waals surface area contributed by atoms with Crippen LogP contribution < -0.4 is 5.73 Å². The van der Waals surface area contributed by atoms with Crippen LogP contribution in [0.5, 0.6) is 0 Å². The van der Waals surface area contributed by atoms with Crippen LogP contribution in [0.4, 0.5) is 5.82 Å². The van der Waals surface area contributed by atoms with E-state index in [1.165, 1.54) is 11.9 Å². The lowest BCUT2D eigenvalue weighted by Crippen LogP contribution is -2.41. The molecule has 0 bridgehead atoms. The van der Waals surface area contributed by atoms with E-state index in [0.29, 0.717) is 17.9 Å². The number of aryl methyl sites for hydroxylation is 2. The average molecular weight is 455 g/mol. The monoisotopic (exact) mass is 454 g/mol. The van der Waals surface area contributed by atoms with E-state index in [2.05, 4.69) is 38.4 Å². The van der Waals surface area contributed by atoms with Crippen molar-refractivity contribution in [2.24, 2.45) is 12.5 Å². The Kier molecular flexibility index (Phi) is 5.40. The molecule has 34 heavy (non-hydrogen) atoms. The zero-order valence-electron chi connectivity index (χ0n) is 20.1. The van der Waals surface area contributed by atoms with Crippen LogP contribution in [-0.2, 0) is 11.8 Å². The highest BCUT2D eigenvalue weighted by atomic mass is 16.2. The van der Waals surface area contributed by atoms with Gasteiger partial charge in [-0.1, -0.05) is 18.9 Å². The minimum Gasteiger partial charge on any atom is -0.383 e. The van der Waals surface area contributed by atoms with Crippen LogP contribution in [0.1, 0.15) is 55.8 Å². The van der Waals surface area contributed by atoms with Crippen LogP contribution in [0.2, 0.25) is 0 Å². The van der Waals surface area contributed by atoms with Gasteiger partial charge in [0, 0.05) is 37.5 Å². The molecule has 0 spiro atoms. The number of anilines is 1. The van der Waals surface area contributed by atoms with Gasteiger partial charge in [0.2, 0.25) is 5.91 Å². The van der Waals surface area contributed by atoms with Crippen LogP contribution >= 0.6 is 0 Å². The van der Waals surface area contributed by atoms with Crippen LogP contribution in [-0.4, -0.2) is 43.4 Å². The topological polar surface area (TPSA) is 89.9 Å². The molecule has 7 heteroatoms. The quantitative estimate of drug-likeness (QED) is 0.602. The molecule has 1 amide bonds. The predicted octanol–water partition coefficient (Wildman–Crippen LogP) is 4.10. The molecular formula is C27H30N6O. The Balaban J connectivity index is 1.64. The molecule has 1 aliphatic heterocycles. The van der Waals surface area contributed by atoms with Gasteiger partial charge in [-0.3, -0.25) is 4.79 Å². The number of nitrogens with zero attached hydrogens (tertiary/aromatic N) is 5. The van der Waals surface area contributed by atoms with Crippen LogP contribution in [0.25, 0.3) is 27.9 Å². The summed E-state index contributed by atoms with van der Waals surface area (Å²) >= 11 is 0. The highest BCUT2D eigenvalue weighted by molar-refractivity contribution is 6.04. The Morgan fingerprint density at radius 2 is 2.00 bits per heavy atom. The summed E-state index contributed by atoms with van der Waals surface area (Å²) in [4.78, 5) is 28.6. The summed E-state index contributed by atoms with van der Waals surface area (Å²) in [5.74, 6) is 3.35. The molecule has 0 aromatic carbocycles. The number of fused-ring (bicyclic) bond motifs is 1. The molecule has 0 saturated carbocycles. The van der Waals surface area contributed by atoms with Crippen molar-refractivity contribution in [1.82, 2.24) is 24.4 Å². The third-order valence-electron chi connectivity index (χ3n) is 7.49. The Morgan fingerprint density at radius 3 is 2.65 bits per heavy atom. The number of likely N-dealkylation sites (tertiary alicyclic amines) is 1. The van der Waals surface area contributed by atoms with Gasteiger partial charge in [0.15, 0.2) is 0 Å². The molecule has 174 valence electrons. The molecule has 0 unspecified atom stereocenters. The molecule has 0 radical (unpaired) electrons. The van der Waals surface area contributed by atoms with Gasteiger partial charge in [0.1, 0.15) is 23.5 Å². The molecule has 1 atom stereocenters. The summed E-state index contributed by atoms with van der Waals surface area (Å²) < 4.78 is 2.06. The largest absolute Gasteiger partial charge is 0.383 e. The smallest absolute Gasteiger partial charge is 0.228 e. The van der Waals surface area contributed by atoms with Gasteiger partial charge in [-0.2, -0.15) is 0 Å². The number of pyridine rings is 1. The van der Waals surface area contributed by atoms with Crippen LogP contribution in [0, 0.1) is 24.7 Å². The van der Waals surface area contributed by atoms with Crippen molar-refractivity contribution < 1.29 is 4.79 Å². The summed E-state index contributed by atoms with van der Waals surface area (Å²) in [7, 11) is 1.99. The molecule has 1 saturated heterocycles. The maximum atomic E-state index is 13.3. The Hall–Kier alpha value is -3.66. The highest BCUT2D eigenvalue weighted by Gasteiger charge is 2.39. The second kappa shape index (κ2) is 8.28. The van der Waals surface area contributed by atoms with Gasteiger partial charge in [-0.05, 0) is 56.2 Å². The first-order valence-electron chi connectivity index (χ1n) is 11.9. The van der Waals surface area contributed by atoms with Crippen molar-refractivity contribution in [2.45, 2.75) is 46.0 Å². The maximum Gasteiger partial charge on any atom is 0.228 e. The summed E-state index contributed by atoms with van der Waals surface area (Å²) in [6.07, 6.45) is 15.6. The third-order valence-corrected chi connectivity index (χ3v) is 7.49. The van der Waals surface area contributed by atoms with Gasteiger partial charge in [0.25, 0.3) is 0 Å². The van der Waals surface area contributed by atoms with Crippen molar-refractivity contribution in [3.05, 3.63) is 41.5 Å². The second-order valence-electron chi connectivity index (χ2n) is 9.76.